The predicted molar refractivity (Wildman–Crippen MR) is 119 cm³/mol. The summed E-state index contributed by atoms with van der Waals surface area (Å²) in [5.41, 5.74) is 7.39. The van der Waals surface area contributed by atoms with Crippen molar-refractivity contribution in [3.05, 3.63) is 59.4 Å². The van der Waals surface area contributed by atoms with Crippen LogP contribution in [0, 0.1) is 0 Å². The summed E-state index contributed by atoms with van der Waals surface area (Å²) < 4.78 is 7.15. The Morgan fingerprint density at radius 1 is 1.10 bits per heavy atom. The number of thiazole rings is 1. The third kappa shape index (κ3) is 5.35. The number of nitrogen functional groups attached to an aromatic ring is 1. The van der Waals surface area contributed by atoms with Gasteiger partial charge in [0.25, 0.3) is 0 Å². The van der Waals surface area contributed by atoms with Crippen LogP contribution >= 0.6 is 34.7 Å². The van der Waals surface area contributed by atoms with E-state index in [1.165, 1.54) is 23.1 Å². The Bertz CT molecular complexity index is 1150. The number of rotatable bonds is 7. The molecule has 0 fully saturated rings. The number of esters is 1. The monoisotopic (exact) mass is 458 g/mol. The fourth-order valence-corrected chi connectivity index (χ4v) is 4.43. The second kappa shape index (κ2) is 9.24. The van der Waals surface area contributed by atoms with E-state index in [-0.39, 0.29) is 30.1 Å². The van der Waals surface area contributed by atoms with Gasteiger partial charge in [-0.05, 0) is 36.4 Å². The number of hydrogen-bond donors (Lipinski definition) is 2. The molecule has 0 aliphatic carbocycles. The van der Waals surface area contributed by atoms with Crippen molar-refractivity contribution < 1.29 is 9.53 Å². The minimum Gasteiger partial charge on any atom is -0.457 e. The van der Waals surface area contributed by atoms with Crippen molar-refractivity contribution in [3.63, 3.8) is 0 Å². The lowest BCUT2D eigenvalue weighted by atomic mass is 10.3. The van der Waals surface area contributed by atoms with Crippen molar-refractivity contribution in [1.29, 1.82) is 0 Å². The number of carbonyl (C=O) groups excluding carboxylic acids is 1. The maximum Gasteiger partial charge on any atom is 0.316 e. The molecule has 0 saturated carbocycles. The van der Waals surface area contributed by atoms with Gasteiger partial charge < -0.3 is 15.8 Å². The molecular formula is C19H15ClN6O2S2. The smallest absolute Gasteiger partial charge is 0.316 e. The number of hydrogen-bond acceptors (Lipinski definition) is 10. The number of nitrogens with one attached hydrogen (secondary N) is 1. The standard InChI is InChI=1S/C19H15ClN6O2S2/c20-11-5-7-12(8-6-11)22-18-25-15(24-17(21)26-18)9-28-16(27)10-29-19-23-13-3-1-2-4-14(13)30-19/h1-8H,9-10H2,(H3,21,22,24,25,26). The lowest BCUT2D eigenvalue weighted by Gasteiger charge is -2.08. The number of nitrogens with two attached hydrogens (primary N) is 1. The highest BCUT2D eigenvalue weighted by molar-refractivity contribution is 8.01. The van der Waals surface area contributed by atoms with Crippen LogP contribution in [-0.2, 0) is 16.1 Å². The molecule has 152 valence electrons. The molecule has 2 heterocycles. The summed E-state index contributed by atoms with van der Waals surface area (Å²) in [6.07, 6.45) is 0. The van der Waals surface area contributed by atoms with Crippen molar-refractivity contribution in [2.75, 3.05) is 16.8 Å². The quantitative estimate of drug-likeness (QED) is 0.309. The van der Waals surface area contributed by atoms with Crippen LogP contribution < -0.4 is 11.1 Å². The normalized spacial score (nSPS) is 10.8. The van der Waals surface area contributed by atoms with Gasteiger partial charge in [0.05, 0.1) is 16.0 Å². The second-order valence-electron chi connectivity index (χ2n) is 5.96. The molecule has 2 aromatic carbocycles. The van der Waals surface area contributed by atoms with Gasteiger partial charge >= 0.3 is 5.97 Å². The summed E-state index contributed by atoms with van der Waals surface area (Å²) in [6.45, 7) is -0.110. The van der Waals surface area contributed by atoms with E-state index in [1.807, 2.05) is 24.3 Å². The van der Waals surface area contributed by atoms with Crippen molar-refractivity contribution >= 4 is 68.5 Å². The Hall–Kier alpha value is -2.95. The molecular weight excluding hydrogens is 444 g/mol. The number of aromatic nitrogens is 4. The van der Waals surface area contributed by atoms with E-state index in [2.05, 4.69) is 25.3 Å². The molecule has 11 heteroatoms. The first-order chi connectivity index (χ1) is 14.5. The van der Waals surface area contributed by atoms with Crippen LogP contribution in [0.1, 0.15) is 5.82 Å². The van der Waals surface area contributed by atoms with Crippen LogP contribution in [0.2, 0.25) is 5.02 Å². The highest BCUT2D eigenvalue weighted by Gasteiger charge is 2.11. The number of fused-ring (bicyclic) bond motifs is 1. The highest BCUT2D eigenvalue weighted by Crippen LogP contribution is 2.29. The number of nitrogens with zero attached hydrogens (tertiary/aromatic N) is 4. The van der Waals surface area contributed by atoms with Crippen molar-refractivity contribution in [1.82, 2.24) is 19.9 Å². The number of anilines is 3. The van der Waals surface area contributed by atoms with Crippen LogP contribution in [0.15, 0.2) is 52.9 Å². The zero-order valence-corrected chi connectivity index (χ0v) is 17.8. The van der Waals surface area contributed by atoms with Crippen molar-refractivity contribution in [2.45, 2.75) is 10.9 Å². The first-order valence-corrected chi connectivity index (χ1v) is 10.9. The fraction of sp³-hybridized carbons (Fsp3) is 0.105. The van der Waals surface area contributed by atoms with E-state index < -0.39 is 5.97 Å². The van der Waals surface area contributed by atoms with Gasteiger partial charge in [-0.3, -0.25) is 4.79 Å². The van der Waals surface area contributed by atoms with Gasteiger partial charge in [0.1, 0.15) is 0 Å². The van der Waals surface area contributed by atoms with Crippen LogP contribution in [0.4, 0.5) is 17.6 Å². The van der Waals surface area contributed by atoms with Gasteiger partial charge in [0.2, 0.25) is 11.9 Å². The predicted octanol–water partition coefficient (Wildman–Crippen LogP) is 4.30. The maximum atomic E-state index is 12.1. The molecule has 0 aliphatic rings. The SMILES string of the molecule is Nc1nc(COC(=O)CSc2nc3ccccc3s2)nc(Nc2ccc(Cl)cc2)n1. The summed E-state index contributed by atoms with van der Waals surface area (Å²) in [7, 11) is 0. The zero-order chi connectivity index (χ0) is 20.9. The Balaban J connectivity index is 1.32. The van der Waals surface area contributed by atoms with E-state index in [0.717, 1.165) is 20.2 Å². The summed E-state index contributed by atoms with van der Waals surface area (Å²) in [4.78, 5) is 28.9. The van der Waals surface area contributed by atoms with E-state index in [1.54, 1.807) is 24.3 Å². The number of ether oxygens (including phenoxy) is 1. The Morgan fingerprint density at radius 3 is 2.70 bits per heavy atom. The van der Waals surface area contributed by atoms with Crippen LogP contribution in [-0.4, -0.2) is 31.7 Å². The molecule has 0 aliphatic heterocycles. The van der Waals surface area contributed by atoms with Gasteiger partial charge in [0, 0.05) is 10.7 Å². The Kier molecular flexibility index (Phi) is 6.26. The number of thioether (sulfide) groups is 1. The van der Waals surface area contributed by atoms with Crippen LogP contribution in [0.5, 0.6) is 0 Å². The zero-order valence-electron chi connectivity index (χ0n) is 15.4. The molecule has 0 bridgehead atoms. The third-order valence-corrected chi connectivity index (χ3v) is 6.15. The van der Waals surface area contributed by atoms with Crippen molar-refractivity contribution in [3.8, 4) is 0 Å². The number of para-hydroxylation sites is 1. The maximum absolute atomic E-state index is 12.1. The van der Waals surface area contributed by atoms with E-state index in [0.29, 0.717) is 5.02 Å². The van der Waals surface area contributed by atoms with E-state index in [9.17, 15) is 4.79 Å². The number of carbonyl (C=O) groups is 1. The summed E-state index contributed by atoms with van der Waals surface area (Å²) >= 11 is 8.75. The van der Waals surface area contributed by atoms with Crippen LogP contribution in [0.25, 0.3) is 10.2 Å². The molecule has 3 N–H and O–H groups in total. The average molecular weight is 459 g/mol. The molecule has 0 spiro atoms. The first kappa shape index (κ1) is 20.3. The molecule has 0 atom stereocenters. The molecule has 0 radical (unpaired) electrons. The average Bonchev–Trinajstić information content (AvgIpc) is 3.15. The topological polar surface area (TPSA) is 116 Å². The molecule has 0 unspecified atom stereocenters. The van der Waals surface area contributed by atoms with E-state index in [4.69, 9.17) is 22.1 Å². The largest absolute Gasteiger partial charge is 0.457 e. The molecule has 4 rings (SSSR count). The van der Waals surface area contributed by atoms with Gasteiger partial charge in [-0.25, -0.2) is 4.98 Å². The van der Waals surface area contributed by atoms with Crippen LogP contribution in [0.3, 0.4) is 0 Å². The third-order valence-electron chi connectivity index (χ3n) is 3.75. The summed E-state index contributed by atoms with van der Waals surface area (Å²) in [6, 6.07) is 14.9. The lowest BCUT2D eigenvalue weighted by molar-refractivity contribution is -0.141. The van der Waals surface area contributed by atoms with Crippen molar-refractivity contribution in [2.24, 2.45) is 0 Å². The molecule has 8 nitrogen and oxygen atoms in total. The number of halogens is 1. The number of benzene rings is 2. The molecule has 4 aromatic rings. The lowest BCUT2D eigenvalue weighted by Crippen LogP contribution is -2.12. The Morgan fingerprint density at radius 2 is 1.90 bits per heavy atom. The van der Waals surface area contributed by atoms with Gasteiger partial charge in [-0.2, -0.15) is 15.0 Å². The second-order valence-corrected chi connectivity index (χ2v) is 8.65. The molecule has 30 heavy (non-hydrogen) atoms. The molecule has 2 aromatic heterocycles. The van der Waals surface area contributed by atoms with Gasteiger partial charge in [-0.1, -0.05) is 35.5 Å². The fourth-order valence-electron chi connectivity index (χ4n) is 2.44. The molecule has 0 amide bonds. The Labute approximate surface area is 184 Å². The summed E-state index contributed by atoms with van der Waals surface area (Å²) in [5.74, 6) is 0.259. The minimum atomic E-state index is -0.398. The molecule has 0 saturated heterocycles. The summed E-state index contributed by atoms with van der Waals surface area (Å²) in [5, 5.41) is 3.62. The highest BCUT2D eigenvalue weighted by atomic mass is 35.5. The first-order valence-electron chi connectivity index (χ1n) is 8.72. The minimum absolute atomic E-state index is 0.0244. The van der Waals surface area contributed by atoms with Gasteiger partial charge in [0.15, 0.2) is 16.8 Å². The van der Waals surface area contributed by atoms with Gasteiger partial charge in [-0.15, -0.1) is 11.3 Å². The van der Waals surface area contributed by atoms with E-state index >= 15 is 0 Å².